The van der Waals surface area contributed by atoms with Crippen LogP contribution < -0.4 is 0 Å². The highest BCUT2D eigenvalue weighted by atomic mass is 16.5. The molecule has 0 aromatic rings. The molecule has 0 spiro atoms. The second-order valence-corrected chi connectivity index (χ2v) is 10.5. The summed E-state index contributed by atoms with van der Waals surface area (Å²) in [6, 6.07) is 0. The van der Waals surface area contributed by atoms with Crippen LogP contribution in [-0.4, -0.2) is 34.9 Å². The van der Waals surface area contributed by atoms with E-state index in [2.05, 4.69) is 13.8 Å². The minimum atomic E-state index is -1.39. The van der Waals surface area contributed by atoms with Gasteiger partial charge in [0.1, 0.15) is 11.4 Å². The van der Waals surface area contributed by atoms with E-state index >= 15 is 0 Å². The van der Waals surface area contributed by atoms with Gasteiger partial charge in [-0.3, -0.25) is 14.4 Å². The van der Waals surface area contributed by atoms with E-state index in [1.54, 1.807) is 0 Å². The number of hydrogen-bond acceptors (Lipinski definition) is 5. The number of hydrogen-bond donors (Lipinski definition) is 1. The Labute approximate surface area is 167 Å². The molecule has 4 saturated carbocycles. The average Bonchev–Trinajstić information content (AvgIpc) is 2.92. The van der Waals surface area contributed by atoms with E-state index in [-0.39, 0.29) is 17.8 Å². The number of rotatable bonds is 3. The van der Waals surface area contributed by atoms with Crippen LogP contribution in [0.2, 0.25) is 0 Å². The van der Waals surface area contributed by atoms with Crippen LogP contribution in [0.25, 0.3) is 0 Å². The maximum Gasteiger partial charge on any atom is 0.303 e. The predicted octanol–water partition coefficient (Wildman–Crippen LogP) is 3.46. The molecular formula is C23H34O5. The lowest BCUT2D eigenvalue weighted by atomic mass is 9.44. The number of esters is 1. The molecule has 4 fully saturated rings. The van der Waals surface area contributed by atoms with Gasteiger partial charge in [-0.25, -0.2) is 0 Å². The van der Waals surface area contributed by atoms with Crippen LogP contribution in [-0.2, 0) is 19.1 Å². The van der Waals surface area contributed by atoms with Gasteiger partial charge in [-0.15, -0.1) is 0 Å². The van der Waals surface area contributed by atoms with Crippen LogP contribution in [0.3, 0.4) is 0 Å². The number of carbonyl (C=O) groups is 3. The number of ether oxygens (including phenoxy) is 1. The molecule has 156 valence electrons. The van der Waals surface area contributed by atoms with Crippen molar-refractivity contribution in [1.29, 1.82) is 0 Å². The molecular weight excluding hydrogens is 356 g/mol. The van der Waals surface area contributed by atoms with Crippen LogP contribution >= 0.6 is 0 Å². The number of aliphatic hydroxyl groups is 1. The van der Waals surface area contributed by atoms with Crippen LogP contribution in [0.15, 0.2) is 0 Å². The summed E-state index contributed by atoms with van der Waals surface area (Å²) in [6.07, 6.45) is 7.82. The monoisotopic (exact) mass is 390 g/mol. The Morgan fingerprint density at radius 2 is 1.79 bits per heavy atom. The van der Waals surface area contributed by atoms with E-state index in [1.165, 1.54) is 6.92 Å². The highest BCUT2D eigenvalue weighted by Crippen LogP contribution is 2.68. The van der Waals surface area contributed by atoms with Crippen molar-refractivity contribution in [2.45, 2.75) is 84.2 Å². The summed E-state index contributed by atoms with van der Waals surface area (Å²) >= 11 is 0. The van der Waals surface area contributed by atoms with Crippen molar-refractivity contribution in [3.05, 3.63) is 0 Å². The summed E-state index contributed by atoms with van der Waals surface area (Å²) in [5.74, 6) is 1.53. The van der Waals surface area contributed by atoms with Gasteiger partial charge >= 0.3 is 5.97 Å². The third-order valence-electron chi connectivity index (χ3n) is 9.50. The molecule has 4 aliphatic carbocycles. The van der Waals surface area contributed by atoms with E-state index in [1.807, 2.05) is 0 Å². The van der Waals surface area contributed by atoms with Crippen molar-refractivity contribution >= 4 is 17.5 Å². The van der Waals surface area contributed by atoms with E-state index in [0.717, 1.165) is 44.9 Å². The smallest absolute Gasteiger partial charge is 0.303 e. The zero-order valence-corrected chi connectivity index (χ0v) is 17.5. The highest BCUT2D eigenvalue weighted by molar-refractivity contribution is 5.91. The summed E-state index contributed by atoms with van der Waals surface area (Å²) in [5, 5.41) is 11.5. The van der Waals surface area contributed by atoms with Crippen LogP contribution in [0.1, 0.15) is 78.6 Å². The first-order valence-corrected chi connectivity index (χ1v) is 11.0. The summed E-state index contributed by atoms with van der Waals surface area (Å²) in [6.45, 7) is 5.45. The fourth-order valence-electron chi connectivity index (χ4n) is 7.81. The molecule has 28 heavy (non-hydrogen) atoms. The molecule has 0 heterocycles. The summed E-state index contributed by atoms with van der Waals surface area (Å²) in [7, 11) is 0. The number of fused-ring (bicyclic) bond motifs is 5. The van der Waals surface area contributed by atoms with Crippen molar-refractivity contribution in [2.24, 2.45) is 34.5 Å². The summed E-state index contributed by atoms with van der Waals surface area (Å²) in [5.41, 5.74) is -1.61. The predicted molar refractivity (Wildman–Crippen MR) is 103 cm³/mol. The zero-order chi connectivity index (χ0) is 20.3. The Hall–Kier alpha value is -1.23. The minimum absolute atomic E-state index is 0.223. The SMILES string of the molecule is CC(=O)OCC(=O)[C@]1(O)CC[C@H]2[C@H]3CC[C@H]4CC(=O)CC[C@]4(C)[C@H]3CC[C@@]21C. The molecule has 4 rings (SSSR count). The second-order valence-electron chi connectivity index (χ2n) is 10.5. The Bertz CT molecular complexity index is 701. The Kier molecular flexibility index (Phi) is 4.76. The molecule has 7 atom stereocenters. The third kappa shape index (κ3) is 2.72. The zero-order valence-electron chi connectivity index (χ0n) is 17.5. The molecule has 0 unspecified atom stereocenters. The molecule has 0 saturated heterocycles. The van der Waals surface area contributed by atoms with E-state index in [0.29, 0.717) is 42.3 Å². The number of carbonyl (C=O) groups excluding carboxylic acids is 3. The van der Waals surface area contributed by atoms with Crippen LogP contribution in [0.5, 0.6) is 0 Å². The fourth-order valence-corrected chi connectivity index (χ4v) is 7.81. The first-order valence-electron chi connectivity index (χ1n) is 11.0. The average molecular weight is 391 g/mol. The van der Waals surface area contributed by atoms with Crippen LogP contribution in [0, 0.1) is 34.5 Å². The Balaban J connectivity index is 1.57. The molecule has 0 aromatic heterocycles. The standard InChI is InChI=1S/C23H34O5/c1-14(24)28-13-20(26)23(27)11-8-19-17-5-4-15-12-16(25)6-9-21(15,2)18(17)7-10-22(19,23)3/h15,17-19,27H,4-13H2,1-3H3/t15-,17-,18-,19-,21-,22-,23+/m0/s1. The molecule has 4 aliphatic rings. The Morgan fingerprint density at radius 1 is 1.07 bits per heavy atom. The van der Waals surface area contributed by atoms with Gasteiger partial charge in [-0.2, -0.15) is 0 Å². The quantitative estimate of drug-likeness (QED) is 0.747. The normalized spacial score (nSPS) is 47.6. The maximum atomic E-state index is 12.9. The van der Waals surface area contributed by atoms with Crippen molar-refractivity contribution in [1.82, 2.24) is 0 Å². The van der Waals surface area contributed by atoms with Crippen molar-refractivity contribution in [3.63, 3.8) is 0 Å². The number of ketones is 2. The lowest BCUT2D eigenvalue weighted by Gasteiger charge is -2.60. The molecule has 1 N–H and O–H groups in total. The van der Waals surface area contributed by atoms with Crippen LogP contribution in [0.4, 0.5) is 0 Å². The summed E-state index contributed by atoms with van der Waals surface area (Å²) in [4.78, 5) is 36.0. The van der Waals surface area contributed by atoms with Crippen molar-refractivity contribution in [2.75, 3.05) is 6.61 Å². The third-order valence-corrected chi connectivity index (χ3v) is 9.50. The highest BCUT2D eigenvalue weighted by Gasteiger charge is 2.66. The van der Waals surface area contributed by atoms with Gasteiger partial charge in [0.25, 0.3) is 0 Å². The van der Waals surface area contributed by atoms with Crippen molar-refractivity contribution in [3.8, 4) is 0 Å². The fraction of sp³-hybridized carbons (Fsp3) is 0.870. The molecule has 5 heteroatoms. The molecule has 0 amide bonds. The molecule has 5 nitrogen and oxygen atoms in total. The topological polar surface area (TPSA) is 80.7 Å². The molecule has 0 aliphatic heterocycles. The van der Waals surface area contributed by atoms with Gasteiger partial charge < -0.3 is 9.84 Å². The second kappa shape index (κ2) is 6.65. The van der Waals surface area contributed by atoms with Gasteiger partial charge in [-0.05, 0) is 74.0 Å². The Morgan fingerprint density at radius 3 is 2.50 bits per heavy atom. The summed E-state index contributed by atoms with van der Waals surface area (Å²) < 4.78 is 4.93. The van der Waals surface area contributed by atoms with Gasteiger partial charge in [0.05, 0.1) is 0 Å². The lowest BCUT2D eigenvalue weighted by Crippen LogP contribution is -2.59. The van der Waals surface area contributed by atoms with E-state index < -0.39 is 17.0 Å². The van der Waals surface area contributed by atoms with Crippen molar-refractivity contribution < 1.29 is 24.2 Å². The molecule has 0 radical (unpaired) electrons. The maximum absolute atomic E-state index is 12.9. The van der Waals surface area contributed by atoms with Gasteiger partial charge in [0, 0.05) is 25.2 Å². The lowest BCUT2D eigenvalue weighted by molar-refractivity contribution is -0.175. The van der Waals surface area contributed by atoms with Gasteiger partial charge in [0.2, 0.25) is 5.78 Å². The van der Waals surface area contributed by atoms with Gasteiger partial charge in [-0.1, -0.05) is 13.8 Å². The first kappa shape index (κ1) is 20.1. The van der Waals surface area contributed by atoms with E-state index in [4.69, 9.17) is 4.74 Å². The minimum Gasteiger partial charge on any atom is -0.458 e. The van der Waals surface area contributed by atoms with E-state index in [9.17, 15) is 19.5 Å². The molecule has 0 aromatic carbocycles. The largest absolute Gasteiger partial charge is 0.458 e. The molecule has 0 bridgehead atoms. The van der Waals surface area contributed by atoms with Gasteiger partial charge in [0.15, 0.2) is 6.61 Å². The number of Topliss-reactive ketones (excluding diaryl/α,β-unsaturated/α-hetero) is 2. The first-order chi connectivity index (χ1) is 13.1.